The van der Waals surface area contributed by atoms with E-state index >= 15 is 0 Å². The van der Waals surface area contributed by atoms with Crippen molar-refractivity contribution in [2.75, 3.05) is 25.4 Å². The maximum absolute atomic E-state index is 14.1. The molecule has 0 saturated carbocycles. The first-order chi connectivity index (χ1) is 24.3. The van der Waals surface area contributed by atoms with Crippen molar-refractivity contribution in [1.29, 1.82) is 5.41 Å². The highest BCUT2D eigenvalue weighted by Gasteiger charge is 2.40. The quantitative estimate of drug-likeness (QED) is 0.0259. The Kier molecular flexibility index (Phi) is 20.1. The maximum atomic E-state index is 14.1. The summed E-state index contributed by atoms with van der Waals surface area (Å²) in [4.78, 5) is 92.3. The third kappa shape index (κ3) is 16.0. The zero-order valence-electron chi connectivity index (χ0n) is 31.1. The second-order valence-corrected chi connectivity index (χ2v) is 14.6. The van der Waals surface area contributed by atoms with Gasteiger partial charge in [-0.05, 0) is 56.3 Å². The summed E-state index contributed by atoms with van der Waals surface area (Å²) in [6, 6.07) is -6.20. The minimum Gasteiger partial charge on any atom is -0.480 e. The molecular weight excluding hydrogens is 696 g/mol. The van der Waals surface area contributed by atoms with Gasteiger partial charge in [0.2, 0.25) is 35.4 Å². The van der Waals surface area contributed by atoms with E-state index in [2.05, 4.69) is 44.5 Å². The van der Waals surface area contributed by atoms with Crippen LogP contribution in [0.5, 0.6) is 0 Å². The molecule has 1 rings (SSSR count). The van der Waals surface area contributed by atoms with Crippen molar-refractivity contribution in [3.8, 4) is 0 Å². The minimum atomic E-state index is -1.24. The lowest BCUT2D eigenvalue weighted by Crippen LogP contribution is -2.60. The molecule has 0 aromatic heterocycles. The van der Waals surface area contributed by atoms with Gasteiger partial charge in [-0.25, -0.2) is 0 Å². The van der Waals surface area contributed by atoms with Crippen LogP contribution in [0.1, 0.15) is 80.1 Å². The molecule has 6 amide bonds. The van der Waals surface area contributed by atoms with Crippen LogP contribution in [0.15, 0.2) is 0 Å². The van der Waals surface area contributed by atoms with Crippen LogP contribution in [0.25, 0.3) is 0 Å². The summed E-state index contributed by atoms with van der Waals surface area (Å²) < 4.78 is 0. The molecule has 0 radical (unpaired) electrons. The van der Waals surface area contributed by atoms with Crippen molar-refractivity contribution >= 4 is 60.0 Å². The predicted molar refractivity (Wildman–Crippen MR) is 198 cm³/mol. The van der Waals surface area contributed by atoms with Crippen LogP contribution >= 0.6 is 12.6 Å². The van der Waals surface area contributed by atoms with Crippen molar-refractivity contribution < 1.29 is 38.7 Å². The number of amides is 6. The largest absolute Gasteiger partial charge is 0.480 e. The molecule has 52 heavy (non-hydrogen) atoms. The summed E-state index contributed by atoms with van der Waals surface area (Å²) in [6.45, 7) is 10.7. The van der Waals surface area contributed by atoms with Crippen molar-refractivity contribution in [2.24, 2.45) is 29.2 Å². The van der Waals surface area contributed by atoms with E-state index in [1.807, 2.05) is 27.7 Å². The number of aliphatic carboxylic acids is 1. The molecule has 0 spiro atoms. The Morgan fingerprint density at radius 2 is 1.40 bits per heavy atom. The van der Waals surface area contributed by atoms with E-state index in [9.17, 15) is 33.6 Å². The molecule has 12 N–H and O–H groups in total. The van der Waals surface area contributed by atoms with Gasteiger partial charge in [0.05, 0.1) is 6.04 Å². The number of nitrogens with one attached hydrogen (secondary N) is 7. The van der Waals surface area contributed by atoms with E-state index in [0.717, 1.165) is 0 Å². The smallest absolute Gasteiger partial charge is 0.322 e. The SMILES string of the molecule is CC(C)C[C@H](NC(=O)[C@H](CS)NC(=O)[C@@H](N)CC(C)C)C(=O)N[C@@H](CCCNC(=N)N)C(=O)N1CCC[C@H]1C(=O)N[C@H](C(=O)NCC(=O)O)C(C)C. The van der Waals surface area contributed by atoms with E-state index < -0.39 is 90.1 Å². The zero-order valence-corrected chi connectivity index (χ0v) is 32.0. The minimum absolute atomic E-state index is 0.0659. The maximum Gasteiger partial charge on any atom is 0.322 e. The standard InChI is InChI=1S/C33H60N10O8S/c1-17(2)13-20(34)27(46)41-23(16-52)29(48)40-22(14-18(3)4)28(47)39-21(9-7-11-37-33(35)36)32(51)43-12-8-10-24(43)30(49)42-26(19(5)6)31(50)38-15-25(44)45/h17-24,26,52H,7-16,34H2,1-6H3,(H,38,50)(H,39,47)(H,40,48)(H,41,46)(H,42,49)(H,44,45)(H4,35,36,37)/t20-,21-,22-,23-,24-,26-/m0/s1. The normalized spacial score (nSPS) is 17.1. The first kappa shape index (κ1) is 45.9. The number of carboxylic acids is 1. The van der Waals surface area contributed by atoms with E-state index in [-0.39, 0.29) is 55.9 Å². The summed E-state index contributed by atoms with van der Waals surface area (Å²) >= 11 is 4.22. The van der Waals surface area contributed by atoms with E-state index in [4.69, 9.17) is 22.0 Å². The van der Waals surface area contributed by atoms with Gasteiger partial charge in [0.1, 0.15) is 36.8 Å². The molecule has 0 bridgehead atoms. The van der Waals surface area contributed by atoms with Crippen LogP contribution in [-0.4, -0.2) is 119 Å². The molecule has 1 aliphatic heterocycles. The predicted octanol–water partition coefficient (Wildman–Crippen LogP) is -1.61. The van der Waals surface area contributed by atoms with Crippen LogP contribution in [0.3, 0.4) is 0 Å². The van der Waals surface area contributed by atoms with E-state index in [1.165, 1.54) is 4.90 Å². The van der Waals surface area contributed by atoms with E-state index in [0.29, 0.717) is 19.3 Å². The summed E-state index contributed by atoms with van der Waals surface area (Å²) in [7, 11) is 0. The number of rotatable bonds is 22. The van der Waals surface area contributed by atoms with Gasteiger partial charge in [-0.1, -0.05) is 41.5 Å². The Morgan fingerprint density at radius 1 is 0.827 bits per heavy atom. The molecule has 0 unspecified atom stereocenters. The number of thiol groups is 1. The van der Waals surface area contributed by atoms with Crippen molar-refractivity contribution in [1.82, 2.24) is 36.8 Å². The van der Waals surface area contributed by atoms with Gasteiger partial charge < -0.3 is 53.4 Å². The fraction of sp³-hybridized carbons (Fsp3) is 0.758. The molecule has 296 valence electrons. The van der Waals surface area contributed by atoms with Crippen LogP contribution in [-0.2, 0) is 33.6 Å². The Balaban J connectivity index is 3.24. The Hall–Kier alpha value is -4.13. The molecule has 0 aromatic carbocycles. The number of hydrogen-bond acceptors (Lipinski definition) is 10. The van der Waals surface area contributed by atoms with Crippen LogP contribution in [0.2, 0.25) is 0 Å². The number of nitrogens with zero attached hydrogens (tertiary/aromatic N) is 1. The number of nitrogens with two attached hydrogens (primary N) is 2. The van der Waals surface area contributed by atoms with Crippen LogP contribution in [0.4, 0.5) is 0 Å². The fourth-order valence-electron chi connectivity index (χ4n) is 5.68. The number of likely N-dealkylation sites (tertiary alicyclic amines) is 1. The lowest BCUT2D eigenvalue weighted by molar-refractivity contribution is -0.143. The first-order valence-corrected chi connectivity index (χ1v) is 18.4. The van der Waals surface area contributed by atoms with Gasteiger partial charge in [-0.3, -0.25) is 39.0 Å². The molecule has 1 heterocycles. The summed E-state index contributed by atoms with van der Waals surface area (Å²) in [5.74, 6) is -5.57. The van der Waals surface area contributed by atoms with Crippen molar-refractivity contribution in [3.63, 3.8) is 0 Å². The van der Waals surface area contributed by atoms with Gasteiger partial charge in [0, 0.05) is 18.8 Å². The molecule has 1 saturated heterocycles. The van der Waals surface area contributed by atoms with Gasteiger partial charge in [0.15, 0.2) is 5.96 Å². The zero-order chi connectivity index (χ0) is 39.7. The van der Waals surface area contributed by atoms with Gasteiger partial charge in [-0.15, -0.1) is 0 Å². The number of carboxylic acid groups (broad SMARTS) is 1. The monoisotopic (exact) mass is 756 g/mol. The first-order valence-electron chi connectivity index (χ1n) is 17.7. The number of carbonyl (C=O) groups is 7. The number of guanidine groups is 1. The molecule has 18 nitrogen and oxygen atoms in total. The number of carbonyl (C=O) groups excluding carboxylic acids is 6. The summed E-state index contributed by atoms with van der Waals surface area (Å²) in [5.41, 5.74) is 11.4. The highest BCUT2D eigenvalue weighted by Crippen LogP contribution is 2.21. The average Bonchev–Trinajstić information content (AvgIpc) is 3.54. The summed E-state index contributed by atoms with van der Waals surface area (Å²) in [6.07, 6.45) is 1.74. The molecule has 1 aliphatic rings. The molecule has 6 atom stereocenters. The number of hydrogen-bond donors (Lipinski definition) is 11. The third-order valence-electron chi connectivity index (χ3n) is 8.32. The highest BCUT2D eigenvalue weighted by molar-refractivity contribution is 7.80. The summed E-state index contributed by atoms with van der Waals surface area (Å²) in [5, 5.41) is 32.0. The second-order valence-electron chi connectivity index (χ2n) is 14.2. The van der Waals surface area contributed by atoms with Gasteiger partial charge in [0.25, 0.3) is 0 Å². The highest BCUT2D eigenvalue weighted by atomic mass is 32.1. The van der Waals surface area contributed by atoms with Crippen LogP contribution < -0.4 is 43.4 Å². The molecule has 0 aromatic rings. The third-order valence-corrected chi connectivity index (χ3v) is 8.68. The van der Waals surface area contributed by atoms with Gasteiger partial charge >= 0.3 is 5.97 Å². The molecule has 1 fully saturated rings. The average molecular weight is 757 g/mol. The molecular formula is C33H60N10O8S. The Morgan fingerprint density at radius 3 is 1.94 bits per heavy atom. The molecule has 0 aliphatic carbocycles. The Labute approximate surface area is 311 Å². The lowest BCUT2D eigenvalue weighted by Gasteiger charge is -2.31. The lowest BCUT2D eigenvalue weighted by atomic mass is 10.0. The van der Waals surface area contributed by atoms with Crippen molar-refractivity contribution in [2.45, 2.75) is 116 Å². The van der Waals surface area contributed by atoms with Crippen molar-refractivity contribution in [3.05, 3.63) is 0 Å². The topological polar surface area (TPSA) is 291 Å². The van der Waals surface area contributed by atoms with E-state index in [1.54, 1.807) is 13.8 Å². The van der Waals surface area contributed by atoms with Crippen LogP contribution in [0, 0.1) is 23.2 Å². The Bertz CT molecular complexity index is 1270. The second kappa shape index (κ2) is 22.7. The molecule has 19 heteroatoms. The van der Waals surface area contributed by atoms with Gasteiger partial charge in [-0.2, -0.15) is 12.6 Å². The fourth-order valence-corrected chi connectivity index (χ4v) is 5.94.